The van der Waals surface area contributed by atoms with E-state index >= 15 is 0 Å². The van der Waals surface area contributed by atoms with Crippen molar-refractivity contribution in [3.05, 3.63) is 54.4 Å². The number of carbonyl (C=O) groups is 1. The third-order valence-corrected chi connectivity index (χ3v) is 4.96. The van der Waals surface area contributed by atoms with Crippen LogP contribution in [0.15, 0.2) is 52.9 Å². The smallest absolute Gasteiger partial charge is 0.244 e. The second-order valence-electron chi connectivity index (χ2n) is 6.93. The number of para-hydroxylation sites is 1. The molecule has 0 spiro atoms. The summed E-state index contributed by atoms with van der Waals surface area (Å²) in [5.74, 6) is 0.765. The lowest BCUT2D eigenvalue weighted by molar-refractivity contribution is -0.131. The predicted octanol–water partition coefficient (Wildman–Crippen LogP) is 3.29. The molecule has 0 radical (unpaired) electrons. The topological polar surface area (TPSA) is 61.6 Å². The first-order chi connectivity index (χ1) is 13.1. The molecule has 0 bridgehead atoms. The molecular formula is C21H24N4O2. The number of benzene rings is 2. The molecule has 1 aromatic heterocycles. The van der Waals surface area contributed by atoms with Crippen molar-refractivity contribution in [1.82, 2.24) is 9.88 Å². The maximum absolute atomic E-state index is 12.8. The van der Waals surface area contributed by atoms with E-state index in [1.165, 1.54) is 5.69 Å². The molecule has 3 aromatic rings. The maximum Gasteiger partial charge on any atom is 0.244 e. The van der Waals surface area contributed by atoms with Gasteiger partial charge in [-0.25, -0.2) is 4.98 Å². The first-order valence-electron chi connectivity index (χ1n) is 9.33. The Morgan fingerprint density at radius 1 is 1.11 bits per heavy atom. The summed E-state index contributed by atoms with van der Waals surface area (Å²) in [5, 5.41) is 3.30. The molecule has 1 aliphatic heterocycles. The summed E-state index contributed by atoms with van der Waals surface area (Å²) in [5.41, 5.74) is 3.65. The molecule has 1 N–H and O–H groups in total. The summed E-state index contributed by atoms with van der Waals surface area (Å²) in [4.78, 5) is 21.4. The van der Waals surface area contributed by atoms with Gasteiger partial charge < -0.3 is 19.5 Å². The van der Waals surface area contributed by atoms with Gasteiger partial charge in [-0.3, -0.25) is 4.79 Å². The number of aromatic nitrogens is 1. The molecule has 1 saturated heterocycles. The van der Waals surface area contributed by atoms with Gasteiger partial charge in [0.15, 0.2) is 11.5 Å². The first kappa shape index (κ1) is 17.4. The molecule has 140 valence electrons. The number of oxazole rings is 1. The number of rotatable bonds is 4. The van der Waals surface area contributed by atoms with Crippen molar-refractivity contribution in [3.63, 3.8) is 0 Å². The Morgan fingerprint density at radius 2 is 1.85 bits per heavy atom. The van der Waals surface area contributed by atoms with Crippen LogP contribution in [0.25, 0.3) is 11.1 Å². The third-order valence-electron chi connectivity index (χ3n) is 4.96. The third kappa shape index (κ3) is 3.74. The van der Waals surface area contributed by atoms with Crippen LogP contribution in [0.4, 0.5) is 11.4 Å². The van der Waals surface area contributed by atoms with Crippen LogP contribution in [0.3, 0.4) is 0 Å². The van der Waals surface area contributed by atoms with Gasteiger partial charge in [-0.05, 0) is 37.3 Å². The van der Waals surface area contributed by atoms with E-state index in [1.54, 1.807) is 0 Å². The molecule has 2 aromatic carbocycles. The van der Waals surface area contributed by atoms with E-state index in [2.05, 4.69) is 27.3 Å². The summed E-state index contributed by atoms with van der Waals surface area (Å²) in [6, 6.07) is 15.8. The van der Waals surface area contributed by atoms with Gasteiger partial charge >= 0.3 is 0 Å². The quantitative estimate of drug-likeness (QED) is 0.770. The number of anilines is 2. The second kappa shape index (κ2) is 7.31. The standard InChI is InChI=1S/C21H24N4O2/c1-15(22-17-8-9-20-19(14-17)23-16(2)27-20)21(26)25-12-10-24(11-13-25)18-6-4-3-5-7-18/h3-9,14-15,22H,10-13H2,1-2H3. The van der Waals surface area contributed by atoms with Crippen LogP contribution in [-0.2, 0) is 4.79 Å². The highest BCUT2D eigenvalue weighted by Crippen LogP contribution is 2.21. The Hall–Kier alpha value is -3.02. The molecule has 4 rings (SSSR count). The molecule has 1 aliphatic rings. The molecule has 0 aliphatic carbocycles. The number of fused-ring (bicyclic) bond motifs is 1. The maximum atomic E-state index is 12.8. The highest BCUT2D eigenvalue weighted by atomic mass is 16.3. The fourth-order valence-electron chi connectivity index (χ4n) is 3.54. The number of piperazine rings is 1. The SMILES string of the molecule is Cc1nc2cc(NC(C)C(=O)N3CCN(c4ccccc4)CC3)ccc2o1. The minimum Gasteiger partial charge on any atom is -0.441 e. The van der Waals surface area contributed by atoms with Crippen molar-refractivity contribution < 1.29 is 9.21 Å². The van der Waals surface area contributed by atoms with Crippen molar-refractivity contribution in [1.29, 1.82) is 0 Å². The van der Waals surface area contributed by atoms with Crippen LogP contribution in [0.1, 0.15) is 12.8 Å². The number of aryl methyl sites for hydroxylation is 1. The van der Waals surface area contributed by atoms with E-state index in [9.17, 15) is 4.79 Å². The number of hydrogen-bond donors (Lipinski definition) is 1. The second-order valence-corrected chi connectivity index (χ2v) is 6.93. The summed E-state index contributed by atoms with van der Waals surface area (Å²) in [7, 11) is 0. The first-order valence-corrected chi connectivity index (χ1v) is 9.33. The number of nitrogens with zero attached hydrogens (tertiary/aromatic N) is 3. The van der Waals surface area contributed by atoms with Crippen LogP contribution in [-0.4, -0.2) is 48.0 Å². The van der Waals surface area contributed by atoms with E-state index in [0.29, 0.717) is 5.89 Å². The average molecular weight is 364 g/mol. The molecular weight excluding hydrogens is 340 g/mol. The number of nitrogens with one attached hydrogen (secondary N) is 1. The van der Waals surface area contributed by atoms with E-state index in [0.717, 1.165) is 43.0 Å². The van der Waals surface area contributed by atoms with E-state index < -0.39 is 0 Å². The van der Waals surface area contributed by atoms with Crippen LogP contribution >= 0.6 is 0 Å². The minimum absolute atomic E-state index is 0.124. The van der Waals surface area contributed by atoms with Crippen molar-refractivity contribution >= 4 is 28.4 Å². The molecule has 2 heterocycles. The summed E-state index contributed by atoms with van der Waals surface area (Å²) in [6.07, 6.45) is 0. The lowest BCUT2D eigenvalue weighted by atomic mass is 10.2. The Kier molecular flexibility index (Phi) is 4.71. The van der Waals surface area contributed by atoms with Gasteiger partial charge in [-0.2, -0.15) is 0 Å². The largest absolute Gasteiger partial charge is 0.441 e. The fraction of sp³-hybridized carbons (Fsp3) is 0.333. The molecule has 6 heteroatoms. The predicted molar refractivity (Wildman–Crippen MR) is 107 cm³/mol. The lowest BCUT2D eigenvalue weighted by Crippen LogP contribution is -2.52. The van der Waals surface area contributed by atoms with E-state index in [-0.39, 0.29) is 11.9 Å². The minimum atomic E-state index is -0.293. The van der Waals surface area contributed by atoms with Gasteiger partial charge in [0, 0.05) is 44.5 Å². The van der Waals surface area contributed by atoms with Gasteiger partial charge in [0.05, 0.1) is 0 Å². The zero-order chi connectivity index (χ0) is 18.8. The summed E-state index contributed by atoms with van der Waals surface area (Å²) >= 11 is 0. The summed E-state index contributed by atoms with van der Waals surface area (Å²) in [6.45, 7) is 6.92. The molecule has 1 amide bonds. The Bertz CT molecular complexity index is 930. The fourth-order valence-corrected chi connectivity index (χ4v) is 3.54. The van der Waals surface area contributed by atoms with Gasteiger partial charge in [0.2, 0.25) is 5.91 Å². The van der Waals surface area contributed by atoms with E-state index in [1.807, 2.05) is 55.1 Å². The van der Waals surface area contributed by atoms with Crippen molar-refractivity contribution in [3.8, 4) is 0 Å². The van der Waals surface area contributed by atoms with Gasteiger partial charge in [0.25, 0.3) is 0 Å². The highest BCUT2D eigenvalue weighted by molar-refractivity contribution is 5.86. The van der Waals surface area contributed by atoms with Gasteiger partial charge in [-0.1, -0.05) is 18.2 Å². The van der Waals surface area contributed by atoms with Crippen LogP contribution < -0.4 is 10.2 Å². The number of hydrogen-bond acceptors (Lipinski definition) is 5. The molecule has 27 heavy (non-hydrogen) atoms. The molecule has 6 nitrogen and oxygen atoms in total. The molecule has 1 fully saturated rings. The normalized spacial score (nSPS) is 15.8. The van der Waals surface area contributed by atoms with Crippen LogP contribution in [0, 0.1) is 6.92 Å². The van der Waals surface area contributed by atoms with Crippen molar-refractivity contribution in [2.45, 2.75) is 19.9 Å². The summed E-state index contributed by atoms with van der Waals surface area (Å²) < 4.78 is 5.50. The van der Waals surface area contributed by atoms with Crippen LogP contribution in [0.5, 0.6) is 0 Å². The number of amides is 1. The Labute approximate surface area is 158 Å². The van der Waals surface area contributed by atoms with Gasteiger partial charge in [0.1, 0.15) is 11.6 Å². The van der Waals surface area contributed by atoms with E-state index in [4.69, 9.17) is 4.42 Å². The molecule has 1 atom stereocenters. The molecule has 0 saturated carbocycles. The zero-order valence-electron chi connectivity index (χ0n) is 15.7. The highest BCUT2D eigenvalue weighted by Gasteiger charge is 2.25. The Morgan fingerprint density at radius 3 is 2.59 bits per heavy atom. The molecule has 1 unspecified atom stereocenters. The Balaban J connectivity index is 1.36. The zero-order valence-corrected chi connectivity index (χ0v) is 15.7. The average Bonchev–Trinajstić information content (AvgIpc) is 3.07. The monoisotopic (exact) mass is 364 g/mol. The van der Waals surface area contributed by atoms with Gasteiger partial charge in [-0.15, -0.1) is 0 Å². The lowest BCUT2D eigenvalue weighted by Gasteiger charge is -2.37. The van der Waals surface area contributed by atoms with Crippen molar-refractivity contribution in [2.75, 3.05) is 36.4 Å². The van der Waals surface area contributed by atoms with Crippen molar-refractivity contribution in [2.24, 2.45) is 0 Å². The number of carbonyl (C=O) groups excluding carboxylic acids is 1. The van der Waals surface area contributed by atoms with Crippen LogP contribution in [0.2, 0.25) is 0 Å².